The van der Waals surface area contributed by atoms with E-state index in [-0.39, 0.29) is 5.54 Å². The zero-order chi connectivity index (χ0) is 14.8. The van der Waals surface area contributed by atoms with E-state index in [1.165, 1.54) is 32.0 Å². The number of hydrogen-bond acceptors (Lipinski definition) is 4. The average molecular weight is 362 g/mol. The van der Waals surface area contributed by atoms with E-state index in [9.17, 15) is 0 Å². The molecule has 0 radical (unpaired) electrons. The van der Waals surface area contributed by atoms with Crippen molar-refractivity contribution in [2.45, 2.75) is 38.1 Å². The Bertz CT molecular complexity index is 468. The Morgan fingerprint density at radius 3 is 2.90 bits per heavy atom. The lowest BCUT2D eigenvalue weighted by Gasteiger charge is -2.45. The number of likely N-dealkylation sites (N-methyl/N-ethyl adjacent to an activating group) is 1. The molecule has 0 bridgehead atoms. The summed E-state index contributed by atoms with van der Waals surface area (Å²) in [7, 11) is 4.34. The van der Waals surface area contributed by atoms with Crippen LogP contribution in [0.15, 0.2) is 10.8 Å². The summed E-state index contributed by atoms with van der Waals surface area (Å²) < 4.78 is 0.736. The highest BCUT2D eigenvalue weighted by molar-refractivity contribution is 9.10. The third kappa shape index (κ3) is 3.43. The lowest BCUT2D eigenvalue weighted by molar-refractivity contribution is 0.0881. The molecule has 1 aliphatic carbocycles. The number of anilines is 1. The van der Waals surface area contributed by atoms with E-state index < -0.39 is 0 Å². The first-order chi connectivity index (χ1) is 9.44. The van der Waals surface area contributed by atoms with Crippen molar-refractivity contribution >= 4 is 33.3 Å². The minimum absolute atomic E-state index is 0.189. The predicted molar refractivity (Wildman–Crippen MR) is 87.3 cm³/mol. The van der Waals surface area contributed by atoms with Gasteiger partial charge in [-0.1, -0.05) is 31.4 Å². The molecule has 20 heavy (non-hydrogen) atoms. The molecule has 1 saturated carbocycles. The molecule has 1 aromatic heterocycles. The number of nitrogens with one attached hydrogen (secondary N) is 1. The summed E-state index contributed by atoms with van der Waals surface area (Å²) in [5.41, 5.74) is 0.189. The fourth-order valence-electron chi connectivity index (χ4n) is 3.08. The average Bonchev–Trinajstić information content (AvgIpc) is 2.40. The Hall–Kier alpha value is -0.390. The monoisotopic (exact) mass is 360 g/mol. The van der Waals surface area contributed by atoms with Crippen molar-refractivity contribution < 1.29 is 0 Å². The normalized spacial score (nSPS) is 26.8. The molecule has 1 fully saturated rings. The molecule has 2 unspecified atom stereocenters. The molecule has 0 amide bonds. The van der Waals surface area contributed by atoms with Crippen LogP contribution in [0.1, 0.15) is 32.6 Å². The minimum Gasteiger partial charge on any atom is -0.367 e. The predicted octanol–water partition coefficient (Wildman–Crippen LogP) is 3.81. The molecule has 1 aromatic rings. The second-order valence-electron chi connectivity index (χ2n) is 6.00. The molecule has 112 valence electrons. The largest absolute Gasteiger partial charge is 0.367 e. The molecule has 0 aliphatic heterocycles. The van der Waals surface area contributed by atoms with Gasteiger partial charge in [-0.05, 0) is 48.8 Å². The zero-order valence-corrected chi connectivity index (χ0v) is 14.6. The van der Waals surface area contributed by atoms with E-state index in [2.05, 4.69) is 57.1 Å². The van der Waals surface area contributed by atoms with Crippen LogP contribution in [0.25, 0.3) is 0 Å². The van der Waals surface area contributed by atoms with Gasteiger partial charge in [-0.15, -0.1) is 0 Å². The second-order valence-corrected chi connectivity index (χ2v) is 7.15. The van der Waals surface area contributed by atoms with Gasteiger partial charge in [-0.2, -0.15) is 0 Å². The quantitative estimate of drug-likeness (QED) is 0.828. The molecule has 0 spiro atoms. The van der Waals surface area contributed by atoms with Crippen LogP contribution in [0.2, 0.25) is 5.15 Å². The number of rotatable bonds is 4. The lowest BCUT2D eigenvalue weighted by atomic mass is 9.75. The van der Waals surface area contributed by atoms with Crippen LogP contribution < -0.4 is 5.32 Å². The summed E-state index contributed by atoms with van der Waals surface area (Å²) in [4.78, 5) is 10.6. The number of halogens is 2. The first-order valence-corrected chi connectivity index (χ1v) is 8.19. The Labute approximate surface area is 134 Å². The summed E-state index contributed by atoms with van der Waals surface area (Å²) in [5, 5.41) is 3.89. The van der Waals surface area contributed by atoms with Crippen LogP contribution in [0.5, 0.6) is 0 Å². The van der Waals surface area contributed by atoms with Crippen molar-refractivity contribution in [1.82, 2.24) is 14.9 Å². The van der Waals surface area contributed by atoms with Crippen molar-refractivity contribution in [2.75, 3.05) is 26.0 Å². The smallest absolute Gasteiger partial charge is 0.148 e. The van der Waals surface area contributed by atoms with Gasteiger partial charge in [0.05, 0.1) is 4.47 Å². The highest BCUT2D eigenvalue weighted by Crippen LogP contribution is 2.36. The van der Waals surface area contributed by atoms with Gasteiger partial charge in [-0.25, -0.2) is 9.97 Å². The SMILES string of the molecule is CC1CCCC(CNc2ncnc(Cl)c2Br)(N(C)C)C1. The van der Waals surface area contributed by atoms with E-state index in [1.807, 2.05) is 0 Å². The van der Waals surface area contributed by atoms with E-state index in [4.69, 9.17) is 11.6 Å². The van der Waals surface area contributed by atoms with Crippen LogP contribution in [0.3, 0.4) is 0 Å². The Balaban J connectivity index is 2.11. The van der Waals surface area contributed by atoms with Crippen molar-refractivity contribution in [3.05, 3.63) is 16.0 Å². The standard InChI is InChI=1S/C14H22BrClN4/c1-10-5-4-6-14(7-10,20(2)3)8-17-13-11(15)12(16)18-9-19-13/h9-10H,4-8H2,1-3H3,(H,17,18,19). The van der Waals surface area contributed by atoms with Crippen LogP contribution in [0, 0.1) is 5.92 Å². The Morgan fingerprint density at radius 1 is 1.50 bits per heavy atom. The molecule has 1 aliphatic rings. The lowest BCUT2D eigenvalue weighted by Crippen LogP contribution is -2.52. The van der Waals surface area contributed by atoms with Crippen LogP contribution in [-0.4, -0.2) is 41.0 Å². The summed E-state index contributed by atoms with van der Waals surface area (Å²) in [5.74, 6) is 1.54. The number of aromatic nitrogens is 2. The van der Waals surface area contributed by atoms with Crippen LogP contribution in [-0.2, 0) is 0 Å². The Kier molecular flexibility index (Phi) is 5.26. The first-order valence-electron chi connectivity index (χ1n) is 7.02. The molecule has 2 atom stereocenters. The summed E-state index contributed by atoms with van der Waals surface area (Å²) in [6.07, 6.45) is 6.53. The third-order valence-electron chi connectivity index (χ3n) is 4.35. The van der Waals surface area contributed by atoms with Gasteiger partial charge in [-0.3, -0.25) is 0 Å². The molecule has 0 aromatic carbocycles. The summed E-state index contributed by atoms with van der Waals surface area (Å²) >= 11 is 9.45. The van der Waals surface area contributed by atoms with E-state index in [1.54, 1.807) is 0 Å². The molecule has 4 nitrogen and oxygen atoms in total. The topological polar surface area (TPSA) is 41.1 Å². The maximum Gasteiger partial charge on any atom is 0.148 e. The maximum absolute atomic E-state index is 6.01. The third-order valence-corrected chi connectivity index (χ3v) is 5.61. The fourth-order valence-corrected chi connectivity index (χ4v) is 3.56. The molecule has 6 heteroatoms. The van der Waals surface area contributed by atoms with E-state index >= 15 is 0 Å². The molecular weight excluding hydrogens is 340 g/mol. The highest BCUT2D eigenvalue weighted by Gasteiger charge is 2.36. The van der Waals surface area contributed by atoms with Gasteiger partial charge in [0.2, 0.25) is 0 Å². The van der Waals surface area contributed by atoms with E-state index in [0.29, 0.717) is 5.15 Å². The van der Waals surface area contributed by atoms with Crippen molar-refractivity contribution in [3.8, 4) is 0 Å². The minimum atomic E-state index is 0.189. The Morgan fingerprint density at radius 2 is 2.25 bits per heavy atom. The fraction of sp³-hybridized carbons (Fsp3) is 0.714. The van der Waals surface area contributed by atoms with Gasteiger partial charge < -0.3 is 10.2 Å². The molecule has 2 rings (SSSR count). The summed E-state index contributed by atoms with van der Waals surface area (Å²) in [6.45, 7) is 3.21. The van der Waals surface area contributed by atoms with Gasteiger partial charge >= 0.3 is 0 Å². The molecule has 0 saturated heterocycles. The zero-order valence-electron chi connectivity index (χ0n) is 12.3. The summed E-state index contributed by atoms with van der Waals surface area (Å²) in [6, 6.07) is 0. The van der Waals surface area contributed by atoms with Gasteiger partial charge in [0.15, 0.2) is 0 Å². The van der Waals surface area contributed by atoms with Gasteiger partial charge in [0, 0.05) is 12.1 Å². The second kappa shape index (κ2) is 6.58. The molecular formula is C14H22BrClN4. The molecule has 1 N–H and O–H groups in total. The van der Waals surface area contributed by atoms with Crippen molar-refractivity contribution in [2.24, 2.45) is 5.92 Å². The van der Waals surface area contributed by atoms with Gasteiger partial charge in [0.25, 0.3) is 0 Å². The van der Waals surface area contributed by atoms with Crippen molar-refractivity contribution in [1.29, 1.82) is 0 Å². The van der Waals surface area contributed by atoms with Crippen molar-refractivity contribution in [3.63, 3.8) is 0 Å². The highest BCUT2D eigenvalue weighted by atomic mass is 79.9. The van der Waals surface area contributed by atoms with Gasteiger partial charge in [0.1, 0.15) is 17.3 Å². The number of hydrogen-bond donors (Lipinski definition) is 1. The number of nitrogens with zero attached hydrogens (tertiary/aromatic N) is 3. The van der Waals surface area contributed by atoms with Crippen LogP contribution >= 0.6 is 27.5 Å². The maximum atomic E-state index is 6.01. The van der Waals surface area contributed by atoms with E-state index in [0.717, 1.165) is 22.8 Å². The molecule has 1 heterocycles. The van der Waals surface area contributed by atoms with Crippen LogP contribution in [0.4, 0.5) is 5.82 Å². The first kappa shape index (κ1) is 16.0.